The molecule has 2 aromatic rings. The maximum atomic E-state index is 12.3. The Morgan fingerprint density at radius 3 is 2.04 bits per heavy atom. The first kappa shape index (κ1) is 18.6. The van der Waals surface area contributed by atoms with Crippen LogP contribution in [0.15, 0.2) is 48.5 Å². The lowest BCUT2D eigenvalue weighted by atomic mass is 10.1. The lowest BCUT2D eigenvalue weighted by Crippen LogP contribution is -2.27. The van der Waals surface area contributed by atoms with Crippen molar-refractivity contribution < 1.29 is 19.1 Å². The molecule has 1 N–H and O–H groups in total. The van der Waals surface area contributed by atoms with Crippen LogP contribution in [0, 0.1) is 0 Å². The number of carbonyl (C=O) groups is 3. The van der Waals surface area contributed by atoms with E-state index in [1.54, 1.807) is 36.4 Å². The number of carbonyl (C=O) groups excluding carboxylic acids is 3. The van der Waals surface area contributed by atoms with Crippen LogP contribution in [0.3, 0.4) is 0 Å². The zero-order chi connectivity index (χ0) is 19.2. The van der Waals surface area contributed by atoms with Crippen molar-refractivity contribution in [2.75, 3.05) is 20.2 Å². The van der Waals surface area contributed by atoms with Crippen molar-refractivity contribution in [3.05, 3.63) is 70.8 Å². The van der Waals surface area contributed by atoms with Crippen LogP contribution in [0.5, 0.6) is 0 Å². The first-order valence-corrected chi connectivity index (χ1v) is 8.93. The molecule has 2 aromatic carbocycles. The molecule has 1 aliphatic heterocycles. The van der Waals surface area contributed by atoms with Gasteiger partial charge < -0.3 is 15.0 Å². The third-order valence-electron chi connectivity index (χ3n) is 4.62. The average molecular weight is 366 g/mol. The van der Waals surface area contributed by atoms with E-state index in [4.69, 9.17) is 0 Å². The van der Waals surface area contributed by atoms with E-state index < -0.39 is 5.97 Å². The summed E-state index contributed by atoms with van der Waals surface area (Å²) in [7, 11) is 1.31. The van der Waals surface area contributed by atoms with E-state index in [-0.39, 0.29) is 11.8 Å². The van der Waals surface area contributed by atoms with Crippen LogP contribution < -0.4 is 5.32 Å². The van der Waals surface area contributed by atoms with Crippen LogP contribution in [-0.4, -0.2) is 42.9 Å². The zero-order valence-corrected chi connectivity index (χ0v) is 15.2. The molecule has 0 spiro atoms. The Bertz CT molecular complexity index is 822. The molecule has 1 fully saturated rings. The molecular formula is C21H22N2O4. The molecule has 1 saturated heterocycles. The number of hydrogen-bond donors (Lipinski definition) is 1. The van der Waals surface area contributed by atoms with E-state index in [2.05, 4.69) is 10.1 Å². The number of amides is 2. The molecule has 1 aliphatic rings. The molecule has 0 radical (unpaired) electrons. The number of esters is 1. The maximum Gasteiger partial charge on any atom is 0.337 e. The number of benzene rings is 2. The second-order valence-corrected chi connectivity index (χ2v) is 6.45. The first-order valence-electron chi connectivity index (χ1n) is 8.93. The molecule has 140 valence electrons. The van der Waals surface area contributed by atoms with Gasteiger partial charge in [-0.15, -0.1) is 0 Å². The fraction of sp³-hybridized carbons (Fsp3) is 0.286. The van der Waals surface area contributed by atoms with Crippen molar-refractivity contribution in [3.63, 3.8) is 0 Å². The smallest absolute Gasteiger partial charge is 0.337 e. The molecule has 6 nitrogen and oxygen atoms in total. The van der Waals surface area contributed by atoms with Gasteiger partial charge in [0, 0.05) is 30.8 Å². The molecular weight excluding hydrogens is 344 g/mol. The Balaban J connectivity index is 1.55. The van der Waals surface area contributed by atoms with Crippen molar-refractivity contribution in [3.8, 4) is 0 Å². The van der Waals surface area contributed by atoms with Gasteiger partial charge in [-0.3, -0.25) is 9.59 Å². The molecule has 2 amide bonds. The SMILES string of the molecule is COC(=O)c1ccc(C(=O)NCc2ccc(C(=O)N3CCCC3)cc2)cc1. The summed E-state index contributed by atoms with van der Waals surface area (Å²) in [5.41, 5.74) is 2.44. The van der Waals surface area contributed by atoms with Crippen molar-refractivity contribution >= 4 is 17.8 Å². The van der Waals surface area contributed by atoms with Crippen molar-refractivity contribution in [2.24, 2.45) is 0 Å². The molecule has 0 aliphatic carbocycles. The van der Waals surface area contributed by atoms with Gasteiger partial charge in [-0.25, -0.2) is 4.79 Å². The highest BCUT2D eigenvalue weighted by Gasteiger charge is 2.19. The molecule has 0 unspecified atom stereocenters. The highest BCUT2D eigenvalue weighted by atomic mass is 16.5. The minimum atomic E-state index is -0.439. The number of rotatable bonds is 5. The largest absolute Gasteiger partial charge is 0.465 e. The van der Waals surface area contributed by atoms with Gasteiger partial charge in [-0.2, -0.15) is 0 Å². The van der Waals surface area contributed by atoms with Crippen LogP contribution in [0.2, 0.25) is 0 Å². The summed E-state index contributed by atoms with van der Waals surface area (Å²) in [5.74, 6) is -0.608. The van der Waals surface area contributed by atoms with E-state index >= 15 is 0 Å². The standard InChI is InChI=1S/C21H22N2O4/c1-27-21(26)18-10-8-16(9-11-18)19(24)22-14-15-4-6-17(7-5-15)20(25)23-12-2-3-13-23/h4-11H,2-3,12-14H2,1H3,(H,22,24). The fourth-order valence-electron chi connectivity index (χ4n) is 3.03. The van der Waals surface area contributed by atoms with Crippen LogP contribution >= 0.6 is 0 Å². The van der Waals surface area contributed by atoms with Gasteiger partial charge in [0.2, 0.25) is 0 Å². The van der Waals surface area contributed by atoms with Gasteiger partial charge >= 0.3 is 5.97 Å². The molecule has 27 heavy (non-hydrogen) atoms. The van der Waals surface area contributed by atoms with Gasteiger partial charge in [-0.05, 0) is 54.8 Å². The van der Waals surface area contributed by atoms with E-state index in [1.807, 2.05) is 17.0 Å². The van der Waals surface area contributed by atoms with E-state index in [9.17, 15) is 14.4 Å². The van der Waals surface area contributed by atoms with E-state index in [0.717, 1.165) is 31.5 Å². The van der Waals surface area contributed by atoms with Gasteiger partial charge in [-0.1, -0.05) is 12.1 Å². The number of likely N-dealkylation sites (tertiary alicyclic amines) is 1. The molecule has 1 heterocycles. The van der Waals surface area contributed by atoms with E-state index in [0.29, 0.717) is 23.2 Å². The van der Waals surface area contributed by atoms with Crippen LogP contribution in [-0.2, 0) is 11.3 Å². The summed E-state index contributed by atoms with van der Waals surface area (Å²) in [6.07, 6.45) is 2.13. The second-order valence-electron chi connectivity index (χ2n) is 6.45. The normalized spacial score (nSPS) is 13.3. The molecule has 6 heteroatoms. The highest BCUT2D eigenvalue weighted by Crippen LogP contribution is 2.14. The number of nitrogens with one attached hydrogen (secondary N) is 1. The average Bonchev–Trinajstić information content (AvgIpc) is 3.26. The van der Waals surface area contributed by atoms with E-state index in [1.165, 1.54) is 7.11 Å². The Morgan fingerprint density at radius 1 is 0.889 bits per heavy atom. The van der Waals surface area contributed by atoms with Crippen LogP contribution in [0.1, 0.15) is 49.5 Å². The molecule has 0 atom stereocenters. The molecule has 3 rings (SSSR count). The van der Waals surface area contributed by atoms with Gasteiger partial charge in [0.15, 0.2) is 0 Å². The van der Waals surface area contributed by atoms with Gasteiger partial charge in [0.05, 0.1) is 12.7 Å². The van der Waals surface area contributed by atoms with Crippen molar-refractivity contribution in [2.45, 2.75) is 19.4 Å². The zero-order valence-electron chi connectivity index (χ0n) is 15.2. The molecule has 0 bridgehead atoms. The predicted octanol–water partition coefficient (Wildman–Crippen LogP) is 2.64. The Labute approximate surface area is 158 Å². The van der Waals surface area contributed by atoms with Gasteiger partial charge in [0.25, 0.3) is 11.8 Å². The number of ether oxygens (including phenoxy) is 1. The monoisotopic (exact) mass is 366 g/mol. The topological polar surface area (TPSA) is 75.7 Å². The summed E-state index contributed by atoms with van der Waals surface area (Å²) in [5, 5.41) is 2.83. The fourth-order valence-corrected chi connectivity index (χ4v) is 3.03. The summed E-state index contributed by atoms with van der Waals surface area (Å²) in [6, 6.07) is 13.6. The Morgan fingerprint density at radius 2 is 1.44 bits per heavy atom. The Kier molecular flexibility index (Phi) is 5.86. The first-order chi connectivity index (χ1) is 13.1. The maximum absolute atomic E-state index is 12.3. The quantitative estimate of drug-likeness (QED) is 0.826. The van der Waals surface area contributed by atoms with Gasteiger partial charge in [0.1, 0.15) is 0 Å². The number of nitrogens with zero attached hydrogens (tertiary/aromatic N) is 1. The minimum Gasteiger partial charge on any atom is -0.465 e. The third-order valence-corrected chi connectivity index (χ3v) is 4.62. The lowest BCUT2D eigenvalue weighted by Gasteiger charge is -2.15. The third kappa shape index (κ3) is 4.53. The second kappa shape index (κ2) is 8.49. The summed E-state index contributed by atoms with van der Waals surface area (Å²) < 4.78 is 4.63. The van der Waals surface area contributed by atoms with Crippen molar-refractivity contribution in [1.82, 2.24) is 10.2 Å². The number of methoxy groups -OCH3 is 1. The highest BCUT2D eigenvalue weighted by molar-refractivity contribution is 5.96. The predicted molar refractivity (Wildman–Crippen MR) is 101 cm³/mol. The number of hydrogen-bond acceptors (Lipinski definition) is 4. The molecule has 0 saturated carbocycles. The summed E-state index contributed by atoms with van der Waals surface area (Å²) >= 11 is 0. The summed E-state index contributed by atoms with van der Waals surface area (Å²) in [4.78, 5) is 37.8. The summed E-state index contributed by atoms with van der Waals surface area (Å²) in [6.45, 7) is 2.01. The Hall–Kier alpha value is -3.15. The lowest BCUT2D eigenvalue weighted by molar-refractivity contribution is 0.0600. The van der Waals surface area contributed by atoms with Crippen LogP contribution in [0.25, 0.3) is 0 Å². The molecule has 0 aromatic heterocycles. The van der Waals surface area contributed by atoms with Crippen LogP contribution in [0.4, 0.5) is 0 Å². The van der Waals surface area contributed by atoms with Crippen molar-refractivity contribution in [1.29, 1.82) is 0 Å². The minimum absolute atomic E-state index is 0.0637.